The summed E-state index contributed by atoms with van der Waals surface area (Å²) in [6, 6.07) is 20.1. The zero-order valence-corrected chi connectivity index (χ0v) is 16.1. The fourth-order valence-electron chi connectivity index (χ4n) is 3.17. The van der Waals surface area contributed by atoms with E-state index in [9.17, 15) is 4.79 Å². The minimum Gasteiger partial charge on any atom is -0.367 e. The molecule has 0 saturated heterocycles. The predicted octanol–water partition coefficient (Wildman–Crippen LogP) is 4.98. The standard InChI is InChI=1S/C23H25N3O/c1-4-26(16-19-8-6-5-7-9-19)21-10-11-24-22(15-21)23(27)25-20-13-17(2)12-18(3)14-20/h5-15H,4,16H2,1-3H3,(H,25,27). The maximum atomic E-state index is 12.7. The fraction of sp³-hybridized carbons (Fsp3) is 0.217. The number of hydrogen-bond donors (Lipinski definition) is 1. The number of nitrogens with one attached hydrogen (secondary N) is 1. The number of hydrogen-bond acceptors (Lipinski definition) is 3. The maximum absolute atomic E-state index is 12.7. The summed E-state index contributed by atoms with van der Waals surface area (Å²) in [6.07, 6.45) is 1.69. The zero-order valence-electron chi connectivity index (χ0n) is 16.1. The van der Waals surface area contributed by atoms with E-state index in [1.807, 2.05) is 56.3 Å². The summed E-state index contributed by atoms with van der Waals surface area (Å²) >= 11 is 0. The van der Waals surface area contributed by atoms with Crippen molar-refractivity contribution in [3.05, 3.63) is 89.2 Å². The topological polar surface area (TPSA) is 45.2 Å². The molecule has 1 heterocycles. The minimum atomic E-state index is -0.197. The number of nitrogens with zero attached hydrogens (tertiary/aromatic N) is 2. The van der Waals surface area contributed by atoms with Crippen LogP contribution in [0.1, 0.15) is 34.1 Å². The van der Waals surface area contributed by atoms with Crippen molar-refractivity contribution in [2.75, 3.05) is 16.8 Å². The van der Waals surface area contributed by atoms with Gasteiger partial charge in [0.15, 0.2) is 0 Å². The molecule has 0 bridgehead atoms. The molecule has 27 heavy (non-hydrogen) atoms. The smallest absolute Gasteiger partial charge is 0.274 e. The van der Waals surface area contributed by atoms with Crippen molar-refractivity contribution in [3.63, 3.8) is 0 Å². The minimum absolute atomic E-state index is 0.197. The van der Waals surface area contributed by atoms with Crippen LogP contribution in [0.15, 0.2) is 66.9 Å². The molecule has 1 N–H and O–H groups in total. The first-order valence-corrected chi connectivity index (χ1v) is 9.19. The van der Waals surface area contributed by atoms with Gasteiger partial charge in [0, 0.05) is 30.7 Å². The molecule has 0 radical (unpaired) electrons. The fourth-order valence-corrected chi connectivity index (χ4v) is 3.17. The second-order valence-electron chi connectivity index (χ2n) is 6.73. The summed E-state index contributed by atoms with van der Waals surface area (Å²) < 4.78 is 0. The molecule has 0 unspecified atom stereocenters. The first-order valence-electron chi connectivity index (χ1n) is 9.19. The Bertz CT molecular complexity index is 902. The van der Waals surface area contributed by atoms with Crippen LogP contribution in [-0.2, 0) is 6.54 Å². The molecule has 0 atom stereocenters. The predicted molar refractivity (Wildman–Crippen MR) is 111 cm³/mol. The lowest BCUT2D eigenvalue weighted by atomic mass is 10.1. The van der Waals surface area contributed by atoms with Crippen LogP contribution in [-0.4, -0.2) is 17.4 Å². The largest absolute Gasteiger partial charge is 0.367 e. The van der Waals surface area contributed by atoms with Gasteiger partial charge in [-0.3, -0.25) is 9.78 Å². The third kappa shape index (κ3) is 4.94. The zero-order chi connectivity index (χ0) is 19.2. The van der Waals surface area contributed by atoms with Crippen molar-refractivity contribution < 1.29 is 4.79 Å². The third-order valence-corrected chi connectivity index (χ3v) is 4.42. The van der Waals surface area contributed by atoms with Crippen LogP contribution in [0.2, 0.25) is 0 Å². The Hall–Kier alpha value is -3.14. The van der Waals surface area contributed by atoms with Crippen molar-refractivity contribution in [3.8, 4) is 0 Å². The molecule has 138 valence electrons. The van der Waals surface area contributed by atoms with Crippen molar-refractivity contribution >= 4 is 17.3 Å². The van der Waals surface area contributed by atoms with Crippen LogP contribution in [0.4, 0.5) is 11.4 Å². The molecular weight excluding hydrogens is 334 g/mol. The van der Waals surface area contributed by atoms with E-state index < -0.39 is 0 Å². The quantitative estimate of drug-likeness (QED) is 0.675. The molecule has 2 aromatic carbocycles. The van der Waals surface area contributed by atoms with E-state index in [2.05, 4.69) is 40.3 Å². The molecule has 0 aliphatic carbocycles. The molecular formula is C23H25N3O. The van der Waals surface area contributed by atoms with Crippen LogP contribution in [0.25, 0.3) is 0 Å². The average Bonchev–Trinajstić information content (AvgIpc) is 2.66. The molecule has 4 nitrogen and oxygen atoms in total. The molecule has 0 aliphatic heterocycles. The molecule has 1 aromatic heterocycles. The number of benzene rings is 2. The highest BCUT2D eigenvalue weighted by Crippen LogP contribution is 2.19. The second kappa shape index (κ2) is 8.49. The summed E-state index contributed by atoms with van der Waals surface area (Å²) in [7, 11) is 0. The van der Waals surface area contributed by atoms with Gasteiger partial charge >= 0.3 is 0 Å². The Kier molecular flexibility index (Phi) is 5.87. The highest BCUT2D eigenvalue weighted by Gasteiger charge is 2.12. The van der Waals surface area contributed by atoms with Crippen molar-refractivity contribution in [2.45, 2.75) is 27.3 Å². The molecule has 4 heteroatoms. The molecule has 0 saturated carbocycles. The van der Waals surface area contributed by atoms with Gasteiger partial charge < -0.3 is 10.2 Å². The van der Waals surface area contributed by atoms with Gasteiger partial charge in [-0.15, -0.1) is 0 Å². The number of aryl methyl sites for hydroxylation is 2. The number of pyridine rings is 1. The highest BCUT2D eigenvalue weighted by atomic mass is 16.1. The van der Waals surface area contributed by atoms with E-state index in [0.29, 0.717) is 5.69 Å². The van der Waals surface area contributed by atoms with Crippen molar-refractivity contribution in [1.82, 2.24) is 4.98 Å². The number of anilines is 2. The summed E-state index contributed by atoms with van der Waals surface area (Å²) in [4.78, 5) is 19.2. The summed E-state index contributed by atoms with van der Waals surface area (Å²) in [5.41, 5.74) is 5.66. The van der Waals surface area contributed by atoms with Gasteiger partial charge in [0.1, 0.15) is 5.69 Å². The summed E-state index contributed by atoms with van der Waals surface area (Å²) in [5.74, 6) is -0.197. The van der Waals surface area contributed by atoms with Crippen LogP contribution in [0, 0.1) is 13.8 Å². The van der Waals surface area contributed by atoms with E-state index >= 15 is 0 Å². The molecule has 0 aliphatic rings. The number of amides is 1. The summed E-state index contributed by atoms with van der Waals surface area (Å²) in [5, 5.41) is 2.95. The van der Waals surface area contributed by atoms with Gasteiger partial charge in [0.2, 0.25) is 0 Å². The second-order valence-corrected chi connectivity index (χ2v) is 6.73. The van der Waals surface area contributed by atoms with Crippen molar-refractivity contribution in [2.24, 2.45) is 0 Å². The number of rotatable bonds is 6. The lowest BCUT2D eigenvalue weighted by Crippen LogP contribution is -2.23. The van der Waals surface area contributed by atoms with Gasteiger partial charge in [0.05, 0.1) is 0 Å². The van der Waals surface area contributed by atoms with E-state index in [-0.39, 0.29) is 5.91 Å². The van der Waals surface area contributed by atoms with E-state index in [0.717, 1.165) is 35.6 Å². The first-order chi connectivity index (χ1) is 13.0. The Morgan fingerprint density at radius 2 is 1.70 bits per heavy atom. The van der Waals surface area contributed by atoms with Gasteiger partial charge in [0.25, 0.3) is 5.91 Å². The van der Waals surface area contributed by atoms with Gasteiger partial charge in [-0.05, 0) is 61.7 Å². The molecule has 3 rings (SSSR count). The number of carbonyl (C=O) groups excluding carboxylic acids is 1. The van der Waals surface area contributed by atoms with Crippen molar-refractivity contribution in [1.29, 1.82) is 0 Å². The monoisotopic (exact) mass is 359 g/mol. The van der Waals surface area contributed by atoms with E-state index in [1.165, 1.54) is 5.56 Å². The lowest BCUT2D eigenvalue weighted by Gasteiger charge is -2.23. The Morgan fingerprint density at radius 3 is 2.37 bits per heavy atom. The van der Waals surface area contributed by atoms with Crippen LogP contribution >= 0.6 is 0 Å². The Labute approximate surface area is 160 Å². The summed E-state index contributed by atoms with van der Waals surface area (Å²) in [6.45, 7) is 7.78. The first kappa shape index (κ1) is 18.6. The lowest BCUT2D eigenvalue weighted by molar-refractivity contribution is 0.102. The molecule has 0 fully saturated rings. The SMILES string of the molecule is CCN(Cc1ccccc1)c1ccnc(C(=O)Nc2cc(C)cc(C)c2)c1. The Morgan fingerprint density at radius 1 is 1.00 bits per heavy atom. The highest BCUT2D eigenvalue weighted by molar-refractivity contribution is 6.03. The molecule has 1 amide bonds. The third-order valence-electron chi connectivity index (χ3n) is 4.42. The normalized spacial score (nSPS) is 10.5. The maximum Gasteiger partial charge on any atom is 0.274 e. The van der Waals surface area contributed by atoms with E-state index in [1.54, 1.807) is 6.20 Å². The van der Waals surface area contributed by atoms with Crippen LogP contribution < -0.4 is 10.2 Å². The molecule has 0 spiro atoms. The average molecular weight is 359 g/mol. The Balaban J connectivity index is 1.78. The van der Waals surface area contributed by atoms with Crippen LogP contribution in [0.3, 0.4) is 0 Å². The van der Waals surface area contributed by atoms with Gasteiger partial charge in [-0.25, -0.2) is 0 Å². The number of aromatic nitrogens is 1. The van der Waals surface area contributed by atoms with Gasteiger partial charge in [-0.1, -0.05) is 36.4 Å². The van der Waals surface area contributed by atoms with Gasteiger partial charge in [-0.2, -0.15) is 0 Å². The van der Waals surface area contributed by atoms with E-state index in [4.69, 9.17) is 0 Å². The number of carbonyl (C=O) groups is 1. The van der Waals surface area contributed by atoms with Crippen LogP contribution in [0.5, 0.6) is 0 Å². The molecule has 3 aromatic rings.